The zero-order chi connectivity index (χ0) is 32.5. The van der Waals surface area contributed by atoms with Gasteiger partial charge in [-0.05, 0) is 48.5 Å². The van der Waals surface area contributed by atoms with Gasteiger partial charge >= 0.3 is 0 Å². The SMILES string of the molecule is [2H]c1cc([2H])c2c(c1)c1cc([2H])cc([2H])c1n2-c1ccc2sc3ccc(-c4nc(-c5ccccc5)nc(-c5ccccc5)n4)cc3c2c1. The molecule has 9 rings (SSSR count). The molecule has 5 heteroatoms. The van der Waals surface area contributed by atoms with Crippen LogP contribution in [0.25, 0.3) is 81.8 Å². The molecule has 0 fully saturated rings. The van der Waals surface area contributed by atoms with E-state index in [1.165, 1.54) is 12.1 Å². The number of benzene rings is 6. The Labute approximate surface area is 263 Å². The van der Waals surface area contributed by atoms with Gasteiger partial charge in [-0.3, -0.25) is 0 Å². The van der Waals surface area contributed by atoms with E-state index in [1.54, 1.807) is 23.5 Å². The van der Waals surface area contributed by atoms with E-state index in [9.17, 15) is 0 Å². The number of thiophene rings is 1. The Kier molecular flexibility index (Phi) is 4.78. The van der Waals surface area contributed by atoms with Gasteiger partial charge < -0.3 is 4.57 Å². The van der Waals surface area contributed by atoms with Crippen LogP contribution in [0.15, 0.2) is 145 Å². The minimum absolute atomic E-state index is 0.204. The van der Waals surface area contributed by atoms with Crippen molar-refractivity contribution >= 4 is 53.3 Å². The zero-order valence-electron chi connectivity index (χ0n) is 27.2. The number of fused-ring (bicyclic) bond motifs is 6. The van der Waals surface area contributed by atoms with Crippen molar-refractivity contribution in [2.75, 3.05) is 0 Å². The molecule has 206 valence electrons. The van der Waals surface area contributed by atoms with Gasteiger partial charge in [0.25, 0.3) is 0 Å². The van der Waals surface area contributed by atoms with Gasteiger partial charge in [-0.15, -0.1) is 11.3 Å². The van der Waals surface area contributed by atoms with Crippen LogP contribution >= 0.6 is 11.3 Å². The third-order valence-corrected chi connectivity index (χ3v) is 9.11. The fourth-order valence-corrected chi connectivity index (χ4v) is 6.96. The number of aromatic nitrogens is 4. The topological polar surface area (TPSA) is 43.6 Å². The molecule has 0 atom stereocenters. The first-order chi connectivity index (χ1) is 23.4. The Morgan fingerprint density at radius 2 is 1.00 bits per heavy atom. The molecule has 0 unspecified atom stereocenters. The lowest BCUT2D eigenvalue weighted by Gasteiger charge is -2.09. The Morgan fingerprint density at radius 3 is 1.59 bits per heavy atom. The predicted octanol–water partition coefficient (Wildman–Crippen LogP) is 10.3. The van der Waals surface area contributed by atoms with Crippen molar-refractivity contribution in [1.29, 1.82) is 0 Å². The first-order valence-electron chi connectivity index (χ1n) is 16.3. The third kappa shape index (κ3) is 4.02. The highest BCUT2D eigenvalue weighted by atomic mass is 32.1. The smallest absolute Gasteiger partial charge is 0.164 e. The molecule has 3 heterocycles. The van der Waals surface area contributed by atoms with Crippen LogP contribution in [0, 0.1) is 0 Å². The van der Waals surface area contributed by atoms with Crippen LogP contribution in [0.2, 0.25) is 0 Å². The van der Waals surface area contributed by atoms with E-state index in [0.29, 0.717) is 39.3 Å². The minimum atomic E-state index is 0.204. The average molecular weight is 585 g/mol. The molecule has 0 amide bonds. The molecule has 9 aromatic rings. The maximum atomic E-state index is 8.83. The van der Waals surface area contributed by atoms with Crippen LogP contribution in [-0.2, 0) is 0 Å². The summed E-state index contributed by atoms with van der Waals surface area (Å²) < 4.78 is 38.4. The molecule has 44 heavy (non-hydrogen) atoms. The summed E-state index contributed by atoms with van der Waals surface area (Å²) in [5, 5.41) is 3.48. The Morgan fingerprint density at radius 1 is 0.477 bits per heavy atom. The van der Waals surface area contributed by atoms with E-state index in [-0.39, 0.29) is 24.2 Å². The first kappa shape index (κ1) is 21.1. The first-order valence-corrected chi connectivity index (χ1v) is 15.1. The summed E-state index contributed by atoms with van der Waals surface area (Å²) in [5.74, 6) is 1.79. The lowest BCUT2D eigenvalue weighted by molar-refractivity contribution is 1.07. The Balaban J connectivity index is 1.26. The monoisotopic (exact) mass is 584 g/mol. The van der Waals surface area contributed by atoms with Gasteiger partial charge in [-0.2, -0.15) is 0 Å². The van der Waals surface area contributed by atoms with Crippen molar-refractivity contribution in [3.05, 3.63) is 145 Å². The van der Waals surface area contributed by atoms with E-state index < -0.39 is 0 Å². The van der Waals surface area contributed by atoms with Crippen molar-refractivity contribution in [2.45, 2.75) is 0 Å². The highest BCUT2D eigenvalue weighted by molar-refractivity contribution is 7.25. The molecular formula is C39H24N4S. The Hall–Kier alpha value is -5.65. The quantitative estimate of drug-likeness (QED) is 0.207. The highest BCUT2D eigenvalue weighted by Gasteiger charge is 2.16. The van der Waals surface area contributed by atoms with Gasteiger partial charge in [0.2, 0.25) is 0 Å². The fraction of sp³-hybridized carbons (Fsp3) is 0. The third-order valence-electron chi connectivity index (χ3n) is 7.96. The average Bonchev–Trinajstić information content (AvgIpc) is 3.64. The van der Waals surface area contributed by atoms with Gasteiger partial charge in [-0.25, -0.2) is 15.0 Å². The summed E-state index contributed by atoms with van der Waals surface area (Å²) in [7, 11) is 0. The summed E-state index contributed by atoms with van der Waals surface area (Å²) >= 11 is 1.70. The van der Waals surface area contributed by atoms with Crippen molar-refractivity contribution in [1.82, 2.24) is 19.5 Å². The van der Waals surface area contributed by atoms with Crippen LogP contribution in [-0.4, -0.2) is 19.5 Å². The molecule has 0 radical (unpaired) electrons. The van der Waals surface area contributed by atoms with Gasteiger partial charge in [0.05, 0.1) is 16.5 Å². The molecule has 0 aliphatic rings. The van der Waals surface area contributed by atoms with Crippen LogP contribution in [0.1, 0.15) is 5.48 Å². The predicted molar refractivity (Wildman–Crippen MR) is 183 cm³/mol. The molecule has 0 spiro atoms. The normalized spacial score (nSPS) is 12.9. The molecule has 0 aliphatic carbocycles. The van der Waals surface area contributed by atoms with Gasteiger partial charge in [-0.1, -0.05) is 97.0 Å². The Bertz CT molecular complexity index is 2600. The van der Waals surface area contributed by atoms with Gasteiger partial charge in [0.15, 0.2) is 17.5 Å². The molecule has 3 aromatic heterocycles. The summed E-state index contributed by atoms with van der Waals surface area (Å²) in [6, 6.07) is 39.7. The lowest BCUT2D eigenvalue weighted by atomic mass is 10.1. The zero-order valence-corrected chi connectivity index (χ0v) is 24.1. The van der Waals surface area contributed by atoms with E-state index >= 15 is 0 Å². The second kappa shape index (κ2) is 9.97. The van der Waals surface area contributed by atoms with E-state index in [1.807, 2.05) is 71.3 Å². The van der Waals surface area contributed by atoms with E-state index in [2.05, 4.69) is 30.3 Å². The molecule has 0 N–H and O–H groups in total. The molecule has 0 aliphatic heterocycles. The number of rotatable bonds is 4. The minimum Gasteiger partial charge on any atom is -0.309 e. The second-order valence-corrected chi connectivity index (χ2v) is 11.7. The van der Waals surface area contributed by atoms with Crippen LogP contribution < -0.4 is 0 Å². The highest BCUT2D eigenvalue weighted by Crippen LogP contribution is 2.39. The summed E-state index contributed by atoms with van der Waals surface area (Å²) in [6.45, 7) is 0. The number of hydrogen-bond donors (Lipinski definition) is 0. The summed E-state index contributed by atoms with van der Waals surface area (Å²) in [6.07, 6.45) is 0. The summed E-state index contributed by atoms with van der Waals surface area (Å²) in [5.41, 5.74) is 4.73. The lowest BCUT2D eigenvalue weighted by Crippen LogP contribution is -2.00. The van der Waals surface area contributed by atoms with Crippen molar-refractivity contribution in [2.24, 2.45) is 0 Å². The van der Waals surface area contributed by atoms with Gasteiger partial charge in [0, 0.05) is 53.3 Å². The van der Waals surface area contributed by atoms with Crippen molar-refractivity contribution in [3.8, 4) is 39.9 Å². The molecule has 0 saturated carbocycles. The maximum Gasteiger partial charge on any atom is 0.164 e. The number of hydrogen-bond acceptors (Lipinski definition) is 4. The maximum absolute atomic E-state index is 8.83. The van der Waals surface area contributed by atoms with Crippen LogP contribution in [0.5, 0.6) is 0 Å². The van der Waals surface area contributed by atoms with Crippen molar-refractivity contribution in [3.63, 3.8) is 0 Å². The van der Waals surface area contributed by atoms with E-state index in [0.717, 1.165) is 42.6 Å². The molecule has 4 nitrogen and oxygen atoms in total. The van der Waals surface area contributed by atoms with Crippen molar-refractivity contribution < 1.29 is 5.48 Å². The molecular weight excluding hydrogens is 557 g/mol. The molecule has 0 saturated heterocycles. The standard InChI is InChI=1S/C39H24N4S/c1-3-11-25(12-4-1)37-40-38(26-13-5-2-6-14-26)42-39(41-37)27-19-21-35-31(23-27)32-24-28(20-22-36(32)44-35)43-33-17-9-7-15-29(33)30-16-8-10-18-34(30)43/h1-24H/i7D,8D,17D,18D. The van der Waals surface area contributed by atoms with Crippen LogP contribution in [0.3, 0.4) is 0 Å². The number of nitrogens with zero attached hydrogens (tertiary/aromatic N) is 4. The molecule has 0 bridgehead atoms. The largest absolute Gasteiger partial charge is 0.309 e. The number of para-hydroxylation sites is 2. The van der Waals surface area contributed by atoms with Gasteiger partial charge in [0.1, 0.15) is 0 Å². The fourth-order valence-electron chi connectivity index (χ4n) is 5.89. The second-order valence-electron chi connectivity index (χ2n) is 10.6. The van der Waals surface area contributed by atoms with E-state index in [4.69, 9.17) is 20.4 Å². The molecule has 6 aromatic carbocycles. The summed E-state index contributed by atoms with van der Waals surface area (Å²) in [4.78, 5) is 14.7. The van der Waals surface area contributed by atoms with Crippen LogP contribution in [0.4, 0.5) is 0 Å².